The van der Waals surface area contributed by atoms with Crippen LogP contribution in [0.25, 0.3) is 0 Å². The lowest BCUT2D eigenvalue weighted by Gasteiger charge is -2.21. The summed E-state index contributed by atoms with van der Waals surface area (Å²) in [6.45, 7) is 5.32. The minimum absolute atomic E-state index is 0.0684. The molecule has 31 heavy (non-hydrogen) atoms. The molecule has 0 fully saturated rings. The van der Waals surface area contributed by atoms with Crippen LogP contribution in [0.3, 0.4) is 0 Å². The fourth-order valence-electron chi connectivity index (χ4n) is 2.96. The topological polar surface area (TPSA) is 99.9 Å². The van der Waals surface area contributed by atoms with Gasteiger partial charge >= 0.3 is 5.97 Å². The van der Waals surface area contributed by atoms with E-state index in [-0.39, 0.29) is 18.5 Å². The first-order valence-electron chi connectivity index (χ1n) is 10.3. The number of ether oxygens (including phenoxy) is 2. The SMILES string of the molecule is COC(=O)CCc1ccc(OCC(CNC(C)C)c2ccc(CO[N+](=O)[O-])cc2)cc1. The summed E-state index contributed by atoms with van der Waals surface area (Å²) in [7, 11) is 1.39. The van der Waals surface area contributed by atoms with Crippen LogP contribution in [0.1, 0.15) is 42.9 Å². The number of hydrogen-bond acceptors (Lipinski definition) is 7. The number of rotatable bonds is 13. The number of benzene rings is 2. The van der Waals surface area contributed by atoms with Crippen LogP contribution in [-0.4, -0.2) is 37.4 Å². The van der Waals surface area contributed by atoms with Gasteiger partial charge in [0.1, 0.15) is 12.4 Å². The van der Waals surface area contributed by atoms with Crippen LogP contribution < -0.4 is 10.1 Å². The third-order valence-electron chi connectivity index (χ3n) is 4.78. The van der Waals surface area contributed by atoms with Gasteiger partial charge < -0.3 is 19.6 Å². The predicted molar refractivity (Wildman–Crippen MR) is 116 cm³/mol. The van der Waals surface area contributed by atoms with Crippen LogP contribution in [0.4, 0.5) is 0 Å². The highest BCUT2D eigenvalue weighted by atomic mass is 16.9. The monoisotopic (exact) mass is 430 g/mol. The Morgan fingerprint density at radius 2 is 1.71 bits per heavy atom. The Hall–Kier alpha value is -3.13. The van der Waals surface area contributed by atoms with Crippen molar-refractivity contribution in [3.8, 4) is 5.75 Å². The van der Waals surface area contributed by atoms with Gasteiger partial charge in [-0.05, 0) is 35.2 Å². The molecule has 2 aromatic rings. The summed E-state index contributed by atoms with van der Waals surface area (Å²) in [6, 6.07) is 15.6. The molecule has 0 spiro atoms. The molecule has 0 aliphatic carbocycles. The van der Waals surface area contributed by atoms with Crippen LogP contribution in [0.2, 0.25) is 0 Å². The third kappa shape index (κ3) is 9.04. The van der Waals surface area contributed by atoms with Gasteiger partial charge in [-0.3, -0.25) is 4.79 Å². The van der Waals surface area contributed by atoms with Gasteiger partial charge in [0.05, 0.1) is 13.7 Å². The number of nitrogens with zero attached hydrogens (tertiary/aromatic N) is 1. The molecule has 0 bridgehead atoms. The average molecular weight is 431 g/mol. The van der Waals surface area contributed by atoms with Crippen molar-refractivity contribution >= 4 is 5.97 Å². The first-order chi connectivity index (χ1) is 14.9. The average Bonchev–Trinajstić information content (AvgIpc) is 2.77. The van der Waals surface area contributed by atoms with Gasteiger partial charge in [-0.2, -0.15) is 0 Å². The second-order valence-corrected chi connectivity index (χ2v) is 7.53. The van der Waals surface area contributed by atoms with Gasteiger partial charge in [0.25, 0.3) is 5.09 Å². The van der Waals surface area contributed by atoms with E-state index in [1.807, 2.05) is 48.5 Å². The Morgan fingerprint density at radius 3 is 2.29 bits per heavy atom. The minimum Gasteiger partial charge on any atom is -0.493 e. The van der Waals surface area contributed by atoms with E-state index in [9.17, 15) is 14.9 Å². The summed E-state index contributed by atoms with van der Waals surface area (Å²) < 4.78 is 10.7. The molecule has 0 aliphatic rings. The van der Waals surface area contributed by atoms with Gasteiger partial charge in [0, 0.05) is 24.9 Å². The number of methoxy groups -OCH3 is 1. The van der Waals surface area contributed by atoms with Crippen LogP contribution in [0.5, 0.6) is 5.75 Å². The molecule has 8 nitrogen and oxygen atoms in total. The lowest BCUT2D eigenvalue weighted by atomic mass is 9.98. The number of aryl methyl sites for hydroxylation is 1. The maximum absolute atomic E-state index is 11.3. The van der Waals surface area contributed by atoms with E-state index < -0.39 is 5.09 Å². The van der Waals surface area contributed by atoms with Crippen LogP contribution >= 0.6 is 0 Å². The summed E-state index contributed by atoms with van der Waals surface area (Å²) in [5.41, 5.74) is 2.86. The van der Waals surface area contributed by atoms with Crippen molar-refractivity contribution in [2.45, 2.75) is 45.3 Å². The number of hydrogen-bond donors (Lipinski definition) is 1. The second kappa shape index (κ2) is 12.5. The van der Waals surface area contributed by atoms with Crippen molar-refractivity contribution in [2.75, 3.05) is 20.3 Å². The Labute approximate surface area is 182 Å². The van der Waals surface area contributed by atoms with E-state index in [0.29, 0.717) is 25.5 Å². The van der Waals surface area contributed by atoms with Gasteiger partial charge in [0.15, 0.2) is 0 Å². The molecule has 168 valence electrons. The van der Waals surface area contributed by atoms with Crippen LogP contribution in [-0.2, 0) is 27.4 Å². The summed E-state index contributed by atoms with van der Waals surface area (Å²) in [5.74, 6) is 0.635. The van der Waals surface area contributed by atoms with Crippen molar-refractivity contribution in [1.29, 1.82) is 0 Å². The van der Waals surface area contributed by atoms with Gasteiger partial charge in [-0.1, -0.05) is 50.2 Å². The second-order valence-electron chi connectivity index (χ2n) is 7.53. The molecule has 1 N–H and O–H groups in total. The molecule has 0 heterocycles. The quantitative estimate of drug-likeness (QED) is 0.294. The van der Waals surface area contributed by atoms with Gasteiger partial charge in [-0.15, -0.1) is 10.1 Å². The van der Waals surface area contributed by atoms with Crippen molar-refractivity contribution < 1.29 is 24.2 Å². The first-order valence-corrected chi connectivity index (χ1v) is 10.3. The van der Waals surface area contributed by atoms with Crippen molar-refractivity contribution in [1.82, 2.24) is 5.32 Å². The molecular weight excluding hydrogens is 400 g/mol. The normalized spacial score (nSPS) is 11.7. The zero-order valence-corrected chi connectivity index (χ0v) is 18.2. The smallest absolute Gasteiger partial charge is 0.305 e. The molecule has 0 saturated heterocycles. The molecule has 0 radical (unpaired) electrons. The largest absolute Gasteiger partial charge is 0.493 e. The van der Waals surface area contributed by atoms with E-state index in [0.717, 1.165) is 29.0 Å². The lowest BCUT2D eigenvalue weighted by Crippen LogP contribution is -2.30. The van der Waals surface area contributed by atoms with E-state index in [2.05, 4.69) is 28.7 Å². The van der Waals surface area contributed by atoms with Crippen molar-refractivity contribution in [3.63, 3.8) is 0 Å². The zero-order chi connectivity index (χ0) is 22.6. The van der Waals surface area contributed by atoms with E-state index in [1.54, 1.807) is 0 Å². The van der Waals surface area contributed by atoms with E-state index in [4.69, 9.17) is 4.74 Å². The molecule has 2 rings (SSSR count). The van der Waals surface area contributed by atoms with Crippen molar-refractivity contribution in [3.05, 3.63) is 75.3 Å². The minimum atomic E-state index is -0.794. The summed E-state index contributed by atoms with van der Waals surface area (Å²) in [5, 5.41) is 13.0. The molecule has 0 amide bonds. The fraction of sp³-hybridized carbons (Fsp3) is 0.435. The maximum Gasteiger partial charge on any atom is 0.305 e. The van der Waals surface area contributed by atoms with Crippen molar-refractivity contribution in [2.24, 2.45) is 0 Å². The lowest BCUT2D eigenvalue weighted by molar-refractivity contribution is -0.763. The predicted octanol–water partition coefficient (Wildman–Crippen LogP) is 3.66. The molecule has 2 aromatic carbocycles. The molecule has 1 atom stereocenters. The highest BCUT2D eigenvalue weighted by Crippen LogP contribution is 2.20. The number of carbonyl (C=O) groups is 1. The molecule has 8 heteroatoms. The zero-order valence-electron chi connectivity index (χ0n) is 18.2. The maximum atomic E-state index is 11.3. The van der Waals surface area contributed by atoms with Gasteiger partial charge in [-0.25, -0.2) is 0 Å². The van der Waals surface area contributed by atoms with E-state index >= 15 is 0 Å². The number of esters is 1. The molecule has 0 aromatic heterocycles. The van der Waals surface area contributed by atoms with Gasteiger partial charge in [0.2, 0.25) is 0 Å². The molecular formula is C23H30N2O6. The Bertz CT molecular complexity index is 821. The first kappa shape index (κ1) is 24.1. The Morgan fingerprint density at radius 1 is 1.06 bits per heavy atom. The number of carbonyl (C=O) groups excluding carboxylic acids is 1. The fourth-order valence-corrected chi connectivity index (χ4v) is 2.96. The molecule has 0 aliphatic heterocycles. The Balaban J connectivity index is 1.97. The Kier molecular flexibility index (Phi) is 9.77. The standard InChI is InChI=1S/C23H30N2O6/c1-17(2)24-14-21(20-9-4-19(5-10-20)15-31-25(27)28)16-30-22-11-6-18(7-12-22)8-13-23(26)29-3/h4-7,9-12,17,21,24H,8,13-16H2,1-3H3. The highest BCUT2D eigenvalue weighted by Gasteiger charge is 2.14. The molecule has 1 unspecified atom stereocenters. The third-order valence-corrected chi connectivity index (χ3v) is 4.78. The van der Waals surface area contributed by atoms with Crippen LogP contribution in [0, 0.1) is 10.1 Å². The molecule has 0 saturated carbocycles. The summed E-state index contributed by atoms with van der Waals surface area (Å²) >= 11 is 0. The number of nitrogens with one attached hydrogen (secondary N) is 1. The highest BCUT2D eigenvalue weighted by molar-refractivity contribution is 5.69. The van der Waals surface area contributed by atoms with E-state index in [1.165, 1.54) is 7.11 Å². The van der Waals surface area contributed by atoms with Crippen LogP contribution in [0.15, 0.2) is 48.5 Å². The summed E-state index contributed by atoms with van der Waals surface area (Å²) in [6.07, 6.45) is 0.975. The summed E-state index contributed by atoms with van der Waals surface area (Å²) in [4.78, 5) is 26.0.